The third kappa shape index (κ3) is 4.04. The van der Waals surface area contributed by atoms with Gasteiger partial charge in [0.25, 0.3) is 0 Å². The van der Waals surface area contributed by atoms with Gasteiger partial charge in [0.05, 0.1) is 6.61 Å². The highest BCUT2D eigenvalue weighted by Crippen LogP contribution is 2.60. The van der Waals surface area contributed by atoms with Crippen LogP contribution in [0.4, 0.5) is 13.2 Å². The smallest absolute Gasteiger partial charge is 0.422 e. The molecule has 6 heteroatoms. The molecule has 0 saturated heterocycles. The van der Waals surface area contributed by atoms with Crippen LogP contribution in [0.5, 0.6) is 0 Å². The van der Waals surface area contributed by atoms with Crippen LogP contribution in [0.15, 0.2) is 12.2 Å². The summed E-state index contributed by atoms with van der Waals surface area (Å²) < 4.78 is 48.7. The first kappa shape index (κ1) is 18.7. The van der Waals surface area contributed by atoms with Crippen molar-refractivity contribution < 1.29 is 27.4 Å². The van der Waals surface area contributed by atoms with E-state index in [4.69, 9.17) is 9.47 Å². The van der Waals surface area contributed by atoms with E-state index in [9.17, 15) is 18.0 Å². The number of carbonyl (C=O) groups is 1. The molecule has 0 aliphatic heterocycles. The quantitative estimate of drug-likeness (QED) is 0.385. The van der Waals surface area contributed by atoms with Crippen LogP contribution in [0.1, 0.15) is 52.4 Å². The van der Waals surface area contributed by atoms with E-state index in [0.29, 0.717) is 6.61 Å². The molecule has 0 N–H and O–H groups in total. The Morgan fingerprint density at radius 2 is 1.60 bits per heavy atom. The number of ether oxygens (including phenoxy) is 2. The first-order chi connectivity index (χ1) is 11.6. The van der Waals surface area contributed by atoms with E-state index >= 15 is 0 Å². The van der Waals surface area contributed by atoms with Gasteiger partial charge in [0.15, 0.2) is 0 Å². The number of hydrogen-bond donors (Lipinski definition) is 0. The molecule has 4 aliphatic carbocycles. The summed E-state index contributed by atoms with van der Waals surface area (Å²) in [6, 6.07) is 0. The Morgan fingerprint density at radius 3 is 2.00 bits per heavy atom. The highest BCUT2D eigenvalue weighted by atomic mass is 19.4. The Bertz CT molecular complexity index is 503. The van der Waals surface area contributed by atoms with Gasteiger partial charge in [0, 0.05) is 5.92 Å². The number of esters is 1. The van der Waals surface area contributed by atoms with Crippen molar-refractivity contribution >= 4 is 5.97 Å². The van der Waals surface area contributed by atoms with E-state index in [1.807, 2.05) is 0 Å². The highest BCUT2D eigenvalue weighted by molar-refractivity contribution is 5.89. The van der Waals surface area contributed by atoms with Crippen molar-refractivity contribution in [2.75, 3.05) is 6.61 Å². The normalized spacial score (nSPS) is 35.0. The molecule has 1 unspecified atom stereocenters. The van der Waals surface area contributed by atoms with Crippen molar-refractivity contribution in [3.63, 3.8) is 0 Å². The predicted molar refractivity (Wildman–Crippen MR) is 86.5 cm³/mol. The predicted octanol–water partition coefficient (Wildman–Crippen LogP) is 4.86. The summed E-state index contributed by atoms with van der Waals surface area (Å²) in [5.41, 5.74) is -1.37. The monoisotopic (exact) mass is 360 g/mol. The molecule has 0 radical (unpaired) electrons. The maximum Gasteiger partial charge on any atom is 0.422 e. The zero-order valence-electron chi connectivity index (χ0n) is 14.9. The lowest BCUT2D eigenvalue weighted by Crippen LogP contribution is -2.49. The molecule has 0 aromatic carbocycles. The standard InChI is InChI=1S/C19H27F3O3/c1-11(2)17(25-16(23)12(3)19(20,21)22)24-10-18-7-13-4-14(8-18)6-15(5-13)9-18/h11,13-15,17H,3-10H2,1-2H3. The molecular weight excluding hydrogens is 333 g/mol. The summed E-state index contributed by atoms with van der Waals surface area (Å²) in [6.45, 7) is 6.80. The van der Waals surface area contributed by atoms with E-state index in [0.717, 1.165) is 37.0 Å². The molecule has 1 atom stereocenters. The molecule has 0 spiro atoms. The zero-order valence-corrected chi connectivity index (χ0v) is 14.9. The largest absolute Gasteiger partial charge is 0.432 e. The summed E-state index contributed by atoms with van der Waals surface area (Å²) in [7, 11) is 0. The summed E-state index contributed by atoms with van der Waals surface area (Å²) in [6.07, 6.45) is 1.58. The second-order valence-corrected chi connectivity index (χ2v) is 8.72. The third-order valence-electron chi connectivity index (χ3n) is 6.07. The molecule has 4 rings (SSSR count). The summed E-state index contributed by atoms with van der Waals surface area (Å²) in [4.78, 5) is 11.7. The Balaban J connectivity index is 1.59. The van der Waals surface area contributed by atoms with Crippen LogP contribution in [-0.2, 0) is 14.3 Å². The lowest BCUT2D eigenvalue weighted by Gasteiger charge is -2.56. The van der Waals surface area contributed by atoms with E-state index in [1.165, 1.54) is 19.3 Å². The highest BCUT2D eigenvalue weighted by Gasteiger charge is 2.51. The second kappa shape index (κ2) is 6.60. The maximum absolute atomic E-state index is 12.6. The van der Waals surface area contributed by atoms with Crippen molar-refractivity contribution in [2.45, 2.75) is 64.8 Å². The summed E-state index contributed by atoms with van der Waals surface area (Å²) in [5.74, 6) is 0.621. The Kier molecular flexibility index (Phi) is 4.95. The van der Waals surface area contributed by atoms with Gasteiger partial charge in [-0.2, -0.15) is 13.2 Å². The fourth-order valence-corrected chi connectivity index (χ4v) is 5.38. The van der Waals surface area contributed by atoms with Gasteiger partial charge in [-0.3, -0.25) is 0 Å². The van der Waals surface area contributed by atoms with Crippen LogP contribution in [0.2, 0.25) is 0 Å². The zero-order chi connectivity index (χ0) is 18.4. The molecule has 142 valence electrons. The fourth-order valence-electron chi connectivity index (χ4n) is 5.38. The van der Waals surface area contributed by atoms with Crippen LogP contribution in [0, 0.1) is 29.1 Å². The van der Waals surface area contributed by atoms with Gasteiger partial charge in [-0.15, -0.1) is 0 Å². The minimum atomic E-state index is -4.78. The van der Waals surface area contributed by atoms with Crippen molar-refractivity contribution in [3.8, 4) is 0 Å². The molecule has 4 saturated carbocycles. The topological polar surface area (TPSA) is 35.5 Å². The van der Waals surface area contributed by atoms with Crippen molar-refractivity contribution in [1.82, 2.24) is 0 Å². The van der Waals surface area contributed by atoms with Crippen LogP contribution in [0.25, 0.3) is 0 Å². The Labute approximate surface area is 146 Å². The molecule has 25 heavy (non-hydrogen) atoms. The van der Waals surface area contributed by atoms with Crippen LogP contribution < -0.4 is 0 Å². The average Bonchev–Trinajstić information content (AvgIpc) is 2.47. The molecule has 0 aromatic heterocycles. The molecule has 3 nitrogen and oxygen atoms in total. The summed E-state index contributed by atoms with van der Waals surface area (Å²) >= 11 is 0. The van der Waals surface area contributed by atoms with Gasteiger partial charge in [-0.1, -0.05) is 20.4 Å². The molecule has 0 amide bonds. The average molecular weight is 360 g/mol. The first-order valence-electron chi connectivity index (χ1n) is 9.17. The number of rotatable bonds is 6. The second-order valence-electron chi connectivity index (χ2n) is 8.72. The number of hydrogen-bond acceptors (Lipinski definition) is 3. The van der Waals surface area contributed by atoms with E-state index in [2.05, 4.69) is 6.58 Å². The van der Waals surface area contributed by atoms with Crippen LogP contribution in [0.3, 0.4) is 0 Å². The SMILES string of the molecule is C=C(C(=O)OC(OCC12CC3CC(CC(C3)C1)C2)C(C)C)C(F)(F)F. The van der Waals surface area contributed by atoms with Gasteiger partial charge in [0.2, 0.25) is 6.29 Å². The Morgan fingerprint density at radius 1 is 1.12 bits per heavy atom. The molecule has 4 fully saturated rings. The summed E-state index contributed by atoms with van der Waals surface area (Å²) in [5, 5.41) is 0. The lowest BCUT2D eigenvalue weighted by atomic mass is 9.50. The number of halogens is 3. The maximum atomic E-state index is 12.6. The van der Waals surface area contributed by atoms with E-state index < -0.39 is 24.0 Å². The van der Waals surface area contributed by atoms with Gasteiger partial charge in [-0.05, 0) is 61.7 Å². The molecule has 0 heterocycles. The van der Waals surface area contributed by atoms with E-state index in [1.54, 1.807) is 13.8 Å². The third-order valence-corrected chi connectivity index (χ3v) is 6.07. The minimum absolute atomic E-state index is 0.120. The van der Waals surface area contributed by atoms with Crippen molar-refractivity contribution in [1.29, 1.82) is 0 Å². The van der Waals surface area contributed by atoms with E-state index in [-0.39, 0.29) is 11.3 Å². The minimum Gasteiger partial charge on any atom is -0.432 e. The fraction of sp³-hybridized carbons (Fsp3) is 0.842. The van der Waals surface area contributed by atoms with Crippen molar-refractivity contribution in [2.24, 2.45) is 29.1 Å². The van der Waals surface area contributed by atoms with Crippen LogP contribution >= 0.6 is 0 Å². The Hall–Kier alpha value is -1.04. The van der Waals surface area contributed by atoms with Gasteiger partial charge < -0.3 is 9.47 Å². The van der Waals surface area contributed by atoms with Gasteiger partial charge in [-0.25, -0.2) is 4.79 Å². The number of carbonyl (C=O) groups excluding carboxylic acids is 1. The molecule has 4 aliphatic rings. The molecule has 4 bridgehead atoms. The van der Waals surface area contributed by atoms with Crippen molar-refractivity contribution in [3.05, 3.63) is 12.2 Å². The molecule has 0 aromatic rings. The van der Waals surface area contributed by atoms with Gasteiger partial charge in [0.1, 0.15) is 5.57 Å². The van der Waals surface area contributed by atoms with Gasteiger partial charge >= 0.3 is 12.1 Å². The first-order valence-corrected chi connectivity index (χ1v) is 9.17. The van der Waals surface area contributed by atoms with Crippen LogP contribution in [-0.4, -0.2) is 25.0 Å². The lowest BCUT2D eigenvalue weighted by molar-refractivity contribution is -0.208. The molecular formula is C19H27F3O3. The number of alkyl halides is 3.